The van der Waals surface area contributed by atoms with E-state index in [0.717, 1.165) is 12.8 Å². The van der Waals surface area contributed by atoms with Crippen molar-refractivity contribution in [2.75, 3.05) is 6.61 Å². The lowest BCUT2D eigenvalue weighted by atomic mass is 10.1. The molecule has 0 fully saturated rings. The summed E-state index contributed by atoms with van der Waals surface area (Å²) in [5.41, 5.74) is 5.43. The predicted octanol–water partition coefficient (Wildman–Crippen LogP) is 3.85. The van der Waals surface area contributed by atoms with Gasteiger partial charge >= 0.3 is 0 Å². The van der Waals surface area contributed by atoms with Crippen LogP contribution in [0.1, 0.15) is 51.0 Å². The fraction of sp³-hybridized carbons (Fsp3) is 0.533. The lowest BCUT2D eigenvalue weighted by Crippen LogP contribution is -2.15. The van der Waals surface area contributed by atoms with E-state index >= 15 is 0 Å². The van der Waals surface area contributed by atoms with Crippen LogP contribution in [0.4, 0.5) is 4.39 Å². The maximum atomic E-state index is 13.5. The lowest BCUT2D eigenvalue weighted by Gasteiger charge is -2.11. The number of halogens is 1. The Hall–Kier alpha value is -1.58. The van der Waals surface area contributed by atoms with Crippen molar-refractivity contribution >= 4 is 5.84 Å². The van der Waals surface area contributed by atoms with Gasteiger partial charge in [0.2, 0.25) is 0 Å². The first kappa shape index (κ1) is 15.5. The van der Waals surface area contributed by atoms with Crippen LogP contribution in [0.5, 0.6) is 5.75 Å². The highest BCUT2D eigenvalue weighted by Gasteiger charge is 2.11. The van der Waals surface area contributed by atoms with E-state index in [9.17, 15) is 4.39 Å². The molecule has 3 nitrogen and oxygen atoms in total. The minimum absolute atomic E-state index is 0.0634. The fourth-order valence-electron chi connectivity index (χ4n) is 1.95. The minimum atomic E-state index is -0.507. The van der Waals surface area contributed by atoms with Gasteiger partial charge in [0.15, 0.2) is 0 Å². The van der Waals surface area contributed by atoms with Crippen LogP contribution >= 0.6 is 0 Å². The van der Waals surface area contributed by atoms with Crippen LogP contribution in [0.3, 0.4) is 0 Å². The van der Waals surface area contributed by atoms with Crippen LogP contribution in [-0.2, 0) is 0 Å². The molecule has 0 saturated heterocycles. The van der Waals surface area contributed by atoms with Gasteiger partial charge in [-0.25, -0.2) is 4.39 Å². The van der Waals surface area contributed by atoms with Gasteiger partial charge in [-0.15, -0.1) is 0 Å². The highest BCUT2D eigenvalue weighted by Crippen LogP contribution is 2.21. The molecule has 0 aromatic heterocycles. The fourth-order valence-corrected chi connectivity index (χ4v) is 1.95. The second kappa shape index (κ2) is 8.51. The zero-order chi connectivity index (χ0) is 14.1. The molecule has 0 heterocycles. The van der Waals surface area contributed by atoms with E-state index in [-0.39, 0.29) is 11.4 Å². The smallest absolute Gasteiger partial charge is 0.137 e. The summed E-state index contributed by atoms with van der Waals surface area (Å²) in [6, 6.07) is 4.50. The van der Waals surface area contributed by atoms with Crippen molar-refractivity contribution in [1.82, 2.24) is 0 Å². The molecule has 0 spiro atoms. The Morgan fingerprint density at radius 2 is 1.89 bits per heavy atom. The number of nitrogen functional groups attached to an aromatic ring is 1. The Kier molecular flexibility index (Phi) is 6.93. The largest absolute Gasteiger partial charge is 0.493 e. The zero-order valence-electron chi connectivity index (χ0n) is 11.5. The van der Waals surface area contributed by atoms with Gasteiger partial charge in [-0.05, 0) is 18.6 Å². The molecular formula is C15H23FN2O. The number of ether oxygens (including phenoxy) is 1. The molecular weight excluding hydrogens is 243 g/mol. The summed E-state index contributed by atoms with van der Waals surface area (Å²) in [4.78, 5) is 0. The molecule has 0 radical (unpaired) electrons. The maximum Gasteiger partial charge on any atom is 0.137 e. The number of nitrogens with two attached hydrogens (primary N) is 1. The summed E-state index contributed by atoms with van der Waals surface area (Å²) in [6.07, 6.45) is 7.04. The molecule has 0 atom stereocenters. The first-order valence-corrected chi connectivity index (χ1v) is 6.92. The highest BCUT2D eigenvalue weighted by molar-refractivity contribution is 5.97. The molecule has 0 bridgehead atoms. The molecule has 1 aromatic carbocycles. The van der Waals surface area contributed by atoms with Crippen molar-refractivity contribution in [3.05, 3.63) is 29.6 Å². The van der Waals surface area contributed by atoms with E-state index in [4.69, 9.17) is 15.9 Å². The number of amidine groups is 1. The minimum Gasteiger partial charge on any atom is -0.493 e. The Labute approximate surface area is 114 Å². The molecule has 3 N–H and O–H groups in total. The van der Waals surface area contributed by atoms with Crippen molar-refractivity contribution in [3.8, 4) is 5.75 Å². The van der Waals surface area contributed by atoms with Crippen LogP contribution < -0.4 is 10.5 Å². The van der Waals surface area contributed by atoms with Gasteiger partial charge < -0.3 is 10.5 Å². The first-order chi connectivity index (χ1) is 9.16. The molecule has 1 aromatic rings. The van der Waals surface area contributed by atoms with Gasteiger partial charge in [0, 0.05) is 0 Å². The lowest BCUT2D eigenvalue weighted by molar-refractivity contribution is 0.302. The molecule has 0 aliphatic carbocycles. The Morgan fingerprint density at radius 1 is 1.21 bits per heavy atom. The van der Waals surface area contributed by atoms with Gasteiger partial charge in [-0.2, -0.15) is 0 Å². The molecule has 0 aliphatic rings. The van der Waals surface area contributed by atoms with Crippen molar-refractivity contribution in [3.63, 3.8) is 0 Å². The molecule has 0 saturated carbocycles. The number of hydrogen-bond donors (Lipinski definition) is 2. The second-order valence-corrected chi connectivity index (χ2v) is 4.64. The summed E-state index contributed by atoms with van der Waals surface area (Å²) in [7, 11) is 0. The van der Waals surface area contributed by atoms with Gasteiger partial charge in [-0.1, -0.05) is 45.1 Å². The van der Waals surface area contributed by atoms with E-state index in [1.165, 1.54) is 31.7 Å². The molecule has 0 amide bonds. The third-order valence-electron chi connectivity index (χ3n) is 3.00. The SMILES string of the molecule is CCCCCCCCOc1cccc(F)c1C(=N)N. The average Bonchev–Trinajstić information content (AvgIpc) is 2.37. The van der Waals surface area contributed by atoms with Gasteiger partial charge in [-0.3, -0.25) is 5.41 Å². The second-order valence-electron chi connectivity index (χ2n) is 4.64. The van der Waals surface area contributed by atoms with Crippen molar-refractivity contribution < 1.29 is 9.13 Å². The van der Waals surface area contributed by atoms with Crippen LogP contribution in [0.2, 0.25) is 0 Å². The summed E-state index contributed by atoms with van der Waals surface area (Å²) >= 11 is 0. The highest BCUT2D eigenvalue weighted by atomic mass is 19.1. The molecule has 106 valence electrons. The predicted molar refractivity (Wildman–Crippen MR) is 76.3 cm³/mol. The molecule has 19 heavy (non-hydrogen) atoms. The number of nitrogens with one attached hydrogen (secondary N) is 1. The molecule has 0 aliphatic heterocycles. The topological polar surface area (TPSA) is 59.1 Å². The van der Waals surface area contributed by atoms with E-state index in [1.807, 2.05) is 0 Å². The van der Waals surface area contributed by atoms with E-state index < -0.39 is 5.82 Å². The normalized spacial score (nSPS) is 10.4. The summed E-state index contributed by atoms with van der Waals surface area (Å²) < 4.78 is 19.0. The zero-order valence-corrected chi connectivity index (χ0v) is 11.5. The summed E-state index contributed by atoms with van der Waals surface area (Å²) in [6.45, 7) is 2.73. The average molecular weight is 266 g/mol. The van der Waals surface area contributed by atoms with Crippen molar-refractivity contribution in [2.45, 2.75) is 45.4 Å². The standard InChI is InChI=1S/C15H23FN2O/c1-2-3-4-5-6-7-11-19-13-10-8-9-12(16)14(13)15(17)18/h8-10H,2-7,11H2,1H3,(H3,17,18). The first-order valence-electron chi connectivity index (χ1n) is 6.92. The number of unbranched alkanes of at least 4 members (excludes halogenated alkanes) is 5. The Bertz CT molecular complexity index is 407. The van der Waals surface area contributed by atoms with Crippen LogP contribution in [0.25, 0.3) is 0 Å². The van der Waals surface area contributed by atoms with Gasteiger partial charge in [0.1, 0.15) is 17.4 Å². The Morgan fingerprint density at radius 3 is 2.58 bits per heavy atom. The summed E-state index contributed by atoms with van der Waals surface area (Å²) in [5.74, 6) is -0.440. The monoisotopic (exact) mass is 266 g/mol. The molecule has 0 unspecified atom stereocenters. The number of benzene rings is 1. The molecule has 4 heteroatoms. The van der Waals surface area contributed by atoms with E-state index in [2.05, 4.69) is 6.92 Å². The quantitative estimate of drug-likeness (QED) is 0.405. The third-order valence-corrected chi connectivity index (χ3v) is 3.00. The van der Waals surface area contributed by atoms with Crippen LogP contribution in [0, 0.1) is 11.2 Å². The summed E-state index contributed by atoms with van der Waals surface area (Å²) in [5, 5.41) is 7.37. The van der Waals surface area contributed by atoms with Crippen molar-refractivity contribution in [2.24, 2.45) is 5.73 Å². The van der Waals surface area contributed by atoms with Crippen LogP contribution in [0.15, 0.2) is 18.2 Å². The van der Waals surface area contributed by atoms with Gasteiger partial charge in [0.05, 0.1) is 12.2 Å². The number of hydrogen-bond acceptors (Lipinski definition) is 2. The third kappa shape index (κ3) is 5.28. The maximum absolute atomic E-state index is 13.5. The van der Waals surface area contributed by atoms with Gasteiger partial charge in [0.25, 0.3) is 0 Å². The van der Waals surface area contributed by atoms with Crippen LogP contribution in [-0.4, -0.2) is 12.4 Å². The Balaban J connectivity index is 2.37. The molecule has 1 rings (SSSR count). The van der Waals surface area contributed by atoms with E-state index in [0.29, 0.717) is 12.4 Å². The van der Waals surface area contributed by atoms with E-state index in [1.54, 1.807) is 12.1 Å². The number of rotatable bonds is 9. The van der Waals surface area contributed by atoms with Crippen molar-refractivity contribution in [1.29, 1.82) is 5.41 Å².